The quantitative estimate of drug-likeness (QED) is 0.569. The number of esters is 2. The van der Waals surface area contributed by atoms with E-state index in [9.17, 15) is 9.59 Å². The maximum Gasteiger partial charge on any atom is 0.339 e. The van der Waals surface area contributed by atoms with Crippen LogP contribution < -0.4 is 0 Å². The lowest BCUT2D eigenvalue weighted by Crippen LogP contribution is -2.15. The summed E-state index contributed by atoms with van der Waals surface area (Å²) in [5, 5.41) is 0. The van der Waals surface area contributed by atoms with Gasteiger partial charge in [0.25, 0.3) is 0 Å². The first-order valence-electron chi connectivity index (χ1n) is 5.63. The van der Waals surface area contributed by atoms with E-state index in [4.69, 9.17) is 14.2 Å². The fourth-order valence-electron chi connectivity index (χ4n) is 1.34. The van der Waals surface area contributed by atoms with Crippen molar-refractivity contribution in [3.63, 3.8) is 0 Å². The summed E-state index contributed by atoms with van der Waals surface area (Å²) in [6.07, 6.45) is 0. The van der Waals surface area contributed by atoms with Gasteiger partial charge in [-0.15, -0.1) is 0 Å². The van der Waals surface area contributed by atoms with Crippen LogP contribution in [0.3, 0.4) is 0 Å². The summed E-state index contributed by atoms with van der Waals surface area (Å²) < 4.78 is 14.6. The monoisotopic (exact) mass is 252 g/mol. The second kappa shape index (κ2) is 7.45. The highest BCUT2D eigenvalue weighted by Gasteiger charge is 2.18. The molecule has 0 spiro atoms. The average molecular weight is 252 g/mol. The molecular weight excluding hydrogens is 236 g/mol. The smallest absolute Gasteiger partial charge is 0.339 e. The highest BCUT2D eigenvalue weighted by atomic mass is 16.6. The highest BCUT2D eigenvalue weighted by Crippen LogP contribution is 2.11. The average Bonchev–Trinajstić information content (AvgIpc) is 2.39. The largest absolute Gasteiger partial charge is 0.462 e. The Hall–Kier alpha value is -1.88. The molecule has 1 rings (SSSR count). The van der Waals surface area contributed by atoms with Crippen molar-refractivity contribution in [3.8, 4) is 0 Å². The first kappa shape index (κ1) is 14.2. The van der Waals surface area contributed by atoms with Crippen molar-refractivity contribution in [3.05, 3.63) is 35.4 Å². The van der Waals surface area contributed by atoms with E-state index in [2.05, 4.69) is 0 Å². The van der Waals surface area contributed by atoms with Crippen LogP contribution in [0.1, 0.15) is 27.6 Å². The minimum absolute atomic E-state index is 0.145. The number of ether oxygens (including phenoxy) is 3. The molecule has 0 saturated carbocycles. The van der Waals surface area contributed by atoms with Gasteiger partial charge in [-0.3, -0.25) is 0 Å². The molecule has 0 atom stereocenters. The third-order valence-electron chi connectivity index (χ3n) is 2.16. The highest BCUT2D eigenvalue weighted by molar-refractivity contribution is 6.03. The van der Waals surface area contributed by atoms with Crippen LogP contribution in [0.25, 0.3) is 0 Å². The van der Waals surface area contributed by atoms with Crippen LogP contribution in [-0.4, -0.2) is 38.9 Å². The van der Waals surface area contributed by atoms with E-state index in [1.54, 1.807) is 19.1 Å². The predicted molar refractivity (Wildman–Crippen MR) is 64.6 cm³/mol. The van der Waals surface area contributed by atoms with E-state index in [1.165, 1.54) is 19.2 Å². The second-order valence-corrected chi connectivity index (χ2v) is 3.39. The number of rotatable bonds is 6. The standard InChI is InChI=1S/C13H16O5/c1-3-17-12(14)10-6-4-5-7-11(10)13(15)18-9-8-16-2/h4-7H,3,8-9H2,1-2H3. The summed E-state index contributed by atoms with van der Waals surface area (Å²) in [5.74, 6) is -1.09. The molecule has 0 amide bonds. The molecule has 0 aromatic heterocycles. The van der Waals surface area contributed by atoms with E-state index in [-0.39, 0.29) is 24.3 Å². The van der Waals surface area contributed by atoms with Crippen molar-refractivity contribution in [2.24, 2.45) is 0 Å². The number of carbonyl (C=O) groups is 2. The Bertz CT molecular complexity index is 414. The fraction of sp³-hybridized carbons (Fsp3) is 0.385. The van der Waals surface area contributed by atoms with Gasteiger partial charge in [-0.25, -0.2) is 9.59 Å². The Kier molecular flexibility index (Phi) is 5.87. The van der Waals surface area contributed by atoms with Crippen LogP contribution in [-0.2, 0) is 14.2 Å². The lowest BCUT2D eigenvalue weighted by atomic mass is 10.1. The number of hydrogen-bond acceptors (Lipinski definition) is 5. The molecule has 0 bridgehead atoms. The van der Waals surface area contributed by atoms with Crippen LogP contribution in [0.15, 0.2) is 24.3 Å². The van der Waals surface area contributed by atoms with E-state index in [0.29, 0.717) is 6.61 Å². The maximum absolute atomic E-state index is 11.8. The van der Waals surface area contributed by atoms with Gasteiger partial charge in [0.15, 0.2) is 0 Å². The van der Waals surface area contributed by atoms with Gasteiger partial charge in [-0.05, 0) is 19.1 Å². The van der Waals surface area contributed by atoms with Crippen LogP contribution in [0.4, 0.5) is 0 Å². The Morgan fingerprint density at radius 1 is 1.00 bits per heavy atom. The number of benzene rings is 1. The number of methoxy groups -OCH3 is 1. The molecule has 5 nitrogen and oxygen atoms in total. The Balaban J connectivity index is 2.81. The first-order valence-corrected chi connectivity index (χ1v) is 5.63. The summed E-state index contributed by atoms with van der Waals surface area (Å²) in [6, 6.07) is 6.39. The topological polar surface area (TPSA) is 61.8 Å². The van der Waals surface area contributed by atoms with Crippen molar-refractivity contribution in [1.82, 2.24) is 0 Å². The molecule has 0 unspecified atom stereocenters. The minimum Gasteiger partial charge on any atom is -0.462 e. The molecule has 18 heavy (non-hydrogen) atoms. The van der Waals surface area contributed by atoms with Gasteiger partial charge in [0.1, 0.15) is 6.61 Å². The van der Waals surface area contributed by atoms with Crippen LogP contribution in [0, 0.1) is 0 Å². The molecule has 0 aliphatic heterocycles. The SMILES string of the molecule is CCOC(=O)c1ccccc1C(=O)OCCOC. The number of hydrogen-bond donors (Lipinski definition) is 0. The van der Waals surface area contributed by atoms with E-state index < -0.39 is 11.9 Å². The van der Waals surface area contributed by atoms with Crippen molar-refractivity contribution in [2.75, 3.05) is 26.9 Å². The van der Waals surface area contributed by atoms with Crippen LogP contribution in [0.5, 0.6) is 0 Å². The van der Waals surface area contributed by atoms with Gasteiger partial charge < -0.3 is 14.2 Å². The van der Waals surface area contributed by atoms with E-state index >= 15 is 0 Å². The van der Waals surface area contributed by atoms with Crippen LogP contribution in [0.2, 0.25) is 0 Å². The van der Waals surface area contributed by atoms with Crippen molar-refractivity contribution in [1.29, 1.82) is 0 Å². The lowest BCUT2D eigenvalue weighted by Gasteiger charge is -2.08. The summed E-state index contributed by atoms with van der Waals surface area (Å²) in [5.41, 5.74) is 0.411. The Morgan fingerprint density at radius 2 is 1.56 bits per heavy atom. The zero-order valence-electron chi connectivity index (χ0n) is 10.5. The van der Waals surface area contributed by atoms with Crippen molar-refractivity contribution >= 4 is 11.9 Å². The molecular formula is C13H16O5. The molecule has 0 aliphatic rings. The summed E-state index contributed by atoms with van der Waals surface area (Å²) >= 11 is 0. The van der Waals surface area contributed by atoms with Gasteiger partial charge in [0.05, 0.1) is 24.3 Å². The molecule has 0 aliphatic carbocycles. The van der Waals surface area contributed by atoms with Gasteiger partial charge in [-0.2, -0.15) is 0 Å². The summed E-state index contributed by atoms with van der Waals surface area (Å²) in [7, 11) is 1.51. The first-order chi connectivity index (χ1) is 8.70. The third kappa shape index (κ3) is 3.85. The minimum atomic E-state index is -0.560. The summed E-state index contributed by atoms with van der Waals surface area (Å²) in [6.45, 7) is 2.42. The molecule has 98 valence electrons. The third-order valence-corrected chi connectivity index (χ3v) is 2.16. The van der Waals surface area contributed by atoms with Gasteiger partial charge in [0, 0.05) is 7.11 Å². The normalized spacial score (nSPS) is 9.89. The van der Waals surface area contributed by atoms with Gasteiger partial charge >= 0.3 is 11.9 Å². The van der Waals surface area contributed by atoms with Crippen molar-refractivity contribution in [2.45, 2.75) is 6.92 Å². The van der Waals surface area contributed by atoms with Gasteiger partial charge in [-0.1, -0.05) is 12.1 Å². The maximum atomic E-state index is 11.8. The second-order valence-electron chi connectivity index (χ2n) is 3.39. The fourth-order valence-corrected chi connectivity index (χ4v) is 1.34. The van der Waals surface area contributed by atoms with Crippen molar-refractivity contribution < 1.29 is 23.8 Å². The molecule has 1 aromatic rings. The molecule has 5 heteroatoms. The predicted octanol–water partition coefficient (Wildman–Crippen LogP) is 1.67. The van der Waals surface area contributed by atoms with Gasteiger partial charge in [0.2, 0.25) is 0 Å². The summed E-state index contributed by atoms with van der Waals surface area (Å²) in [4.78, 5) is 23.4. The zero-order valence-corrected chi connectivity index (χ0v) is 10.5. The molecule has 0 fully saturated rings. The Morgan fingerprint density at radius 3 is 2.06 bits per heavy atom. The Labute approximate surface area is 106 Å². The molecule has 0 saturated heterocycles. The van der Waals surface area contributed by atoms with Crippen LogP contribution >= 0.6 is 0 Å². The molecule has 1 aromatic carbocycles. The molecule has 0 heterocycles. The molecule has 0 N–H and O–H groups in total. The number of carbonyl (C=O) groups excluding carboxylic acids is 2. The zero-order chi connectivity index (χ0) is 13.4. The van der Waals surface area contributed by atoms with E-state index in [0.717, 1.165) is 0 Å². The molecule has 0 radical (unpaired) electrons. The lowest BCUT2D eigenvalue weighted by molar-refractivity contribution is 0.0374. The van der Waals surface area contributed by atoms with E-state index in [1.807, 2.05) is 0 Å².